The van der Waals surface area contributed by atoms with Gasteiger partial charge >= 0.3 is 0 Å². The molecule has 0 radical (unpaired) electrons. The fourth-order valence-corrected chi connectivity index (χ4v) is 5.33. The van der Waals surface area contributed by atoms with Crippen LogP contribution >= 0.6 is 23.2 Å². The topological polar surface area (TPSA) is 97.3 Å². The second-order valence-corrected chi connectivity index (χ2v) is 10.2. The van der Waals surface area contributed by atoms with Crippen LogP contribution < -0.4 is 15.4 Å². The molecule has 1 aliphatic heterocycles. The van der Waals surface area contributed by atoms with Gasteiger partial charge in [-0.2, -0.15) is 0 Å². The van der Waals surface area contributed by atoms with Gasteiger partial charge in [0.1, 0.15) is 18.2 Å². The number of methoxy groups -OCH3 is 1. The van der Waals surface area contributed by atoms with Crippen molar-refractivity contribution in [1.29, 1.82) is 5.41 Å². The van der Waals surface area contributed by atoms with Gasteiger partial charge in [-0.1, -0.05) is 23.2 Å². The Bertz CT molecular complexity index is 1270. The van der Waals surface area contributed by atoms with Gasteiger partial charge in [-0.25, -0.2) is 4.98 Å². The van der Waals surface area contributed by atoms with Crippen molar-refractivity contribution >= 4 is 40.4 Å². The molecule has 0 amide bonds. The van der Waals surface area contributed by atoms with Crippen molar-refractivity contribution in [2.75, 3.05) is 30.8 Å². The Morgan fingerprint density at radius 1 is 1.17 bits per heavy atom. The molecular weight excluding hydrogens is 485 g/mol. The summed E-state index contributed by atoms with van der Waals surface area (Å²) in [6.45, 7) is 4.01. The van der Waals surface area contributed by atoms with Crippen LogP contribution in [0.1, 0.15) is 35.2 Å². The first-order valence-electron chi connectivity index (χ1n) is 11.4. The molecular formula is C26H27Cl2N5O2. The highest BCUT2D eigenvalue weighted by atomic mass is 35.5. The van der Waals surface area contributed by atoms with E-state index < -0.39 is 0 Å². The molecule has 1 aromatic carbocycles. The quantitative estimate of drug-likeness (QED) is 0.330. The molecule has 9 heteroatoms. The summed E-state index contributed by atoms with van der Waals surface area (Å²) in [5.74, 6) is 1.49. The predicted octanol–water partition coefficient (Wildman–Crippen LogP) is 5.28. The summed E-state index contributed by atoms with van der Waals surface area (Å²) in [6.07, 6.45) is 5.94. The van der Waals surface area contributed by atoms with Crippen molar-refractivity contribution < 1.29 is 9.47 Å². The van der Waals surface area contributed by atoms with Crippen molar-refractivity contribution in [2.24, 2.45) is 5.41 Å². The second kappa shape index (κ2) is 9.30. The van der Waals surface area contributed by atoms with E-state index in [0.29, 0.717) is 55.4 Å². The number of benzene rings is 1. The van der Waals surface area contributed by atoms with Crippen LogP contribution in [0.25, 0.3) is 0 Å². The van der Waals surface area contributed by atoms with Gasteiger partial charge in [0, 0.05) is 60.4 Å². The minimum Gasteiger partial charge on any atom is -0.489 e. The number of hydrogen-bond donors (Lipinski definition) is 2. The fourth-order valence-electron chi connectivity index (χ4n) is 4.87. The smallest absolute Gasteiger partial charge is 0.128 e. The summed E-state index contributed by atoms with van der Waals surface area (Å²) in [6, 6.07) is 9.13. The Morgan fingerprint density at radius 2 is 1.94 bits per heavy atom. The standard InChI is InChI=1S/C26H27Cl2N5O2/c1-15-24(28)20(21(27)11-31-15)12-35-17-4-5-22(29)19(7-17)25(30)16-3-6-23(32-10-16)33-13-26(14-33)8-18(9-26)34-2/h3-7,10-11,18,30H,8-9,12-14,29H2,1-2H3. The molecule has 3 N–H and O–H groups in total. The Hall–Kier alpha value is -2.87. The van der Waals surface area contributed by atoms with E-state index in [2.05, 4.69) is 14.9 Å². The van der Waals surface area contributed by atoms with Gasteiger partial charge < -0.3 is 20.1 Å². The number of ether oxygens (including phenoxy) is 2. The third-order valence-electron chi connectivity index (χ3n) is 6.99. The molecule has 1 saturated heterocycles. The van der Waals surface area contributed by atoms with Crippen LogP contribution in [-0.2, 0) is 11.3 Å². The van der Waals surface area contributed by atoms with Crippen molar-refractivity contribution in [3.63, 3.8) is 0 Å². The molecule has 2 fully saturated rings. The summed E-state index contributed by atoms with van der Waals surface area (Å²) < 4.78 is 11.4. The number of nitrogen functional groups attached to an aromatic ring is 1. The highest BCUT2D eigenvalue weighted by molar-refractivity contribution is 6.36. The van der Waals surface area contributed by atoms with E-state index in [-0.39, 0.29) is 12.3 Å². The van der Waals surface area contributed by atoms with Crippen molar-refractivity contribution in [2.45, 2.75) is 32.5 Å². The Kier molecular flexibility index (Phi) is 6.34. The number of anilines is 2. The molecule has 2 aromatic heterocycles. The molecule has 1 spiro atoms. The van der Waals surface area contributed by atoms with Gasteiger partial charge in [-0.05, 0) is 50.1 Å². The zero-order valence-electron chi connectivity index (χ0n) is 19.6. The van der Waals surface area contributed by atoms with E-state index in [1.165, 1.54) is 0 Å². The molecule has 0 bridgehead atoms. The molecule has 3 heterocycles. The summed E-state index contributed by atoms with van der Waals surface area (Å²) >= 11 is 12.6. The highest BCUT2D eigenvalue weighted by Gasteiger charge is 2.52. The van der Waals surface area contributed by atoms with Crippen LogP contribution in [0, 0.1) is 17.7 Å². The number of pyridine rings is 2. The molecule has 2 aliphatic rings. The summed E-state index contributed by atoms with van der Waals surface area (Å²) in [4.78, 5) is 11.0. The lowest BCUT2D eigenvalue weighted by Crippen LogP contribution is -2.64. The minimum atomic E-state index is 0.177. The molecule has 1 saturated carbocycles. The average Bonchev–Trinajstić information content (AvgIpc) is 2.81. The maximum atomic E-state index is 8.73. The Morgan fingerprint density at radius 3 is 2.63 bits per heavy atom. The number of nitrogens with one attached hydrogen (secondary N) is 1. The number of nitrogens with two attached hydrogens (primary N) is 1. The first kappa shape index (κ1) is 23.9. The lowest BCUT2D eigenvalue weighted by molar-refractivity contribution is -0.0733. The lowest BCUT2D eigenvalue weighted by atomic mass is 9.62. The largest absolute Gasteiger partial charge is 0.489 e. The Labute approximate surface area is 214 Å². The molecule has 7 nitrogen and oxygen atoms in total. The summed E-state index contributed by atoms with van der Waals surface area (Å²) in [5.41, 5.74) is 9.98. The number of aromatic nitrogens is 2. The number of halogens is 2. The number of hydrogen-bond acceptors (Lipinski definition) is 7. The average molecular weight is 512 g/mol. The van der Waals surface area contributed by atoms with Crippen molar-refractivity contribution in [3.05, 3.63) is 75.2 Å². The van der Waals surface area contributed by atoms with E-state index >= 15 is 0 Å². The van der Waals surface area contributed by atoms with Crippen molar-refractivity contribution in [1.82, 2.24) is 9.97 Å². The van der Waals surface area contributed by atoms with Crippen LogP contribution in [0.15, 0.2) is 42.7 Å². The number of rotatable bonds is 7. The molecule has 5 rings (SSSR count). The third kappa shape index (κ3) is 4.56. The van der Waals surface area contributed by atoms with E-state index in [1.54, 1.807) is 37.7 Å². The minimum absolute atomic E-state index is 0.177. The summed E-state index contributed by atoms with van der Waals surface area (Å²) in [7, 11) is 1.78. The van der Waals surface area contributed by atoms with E-state index in [9.17, 15) is 0 Å². The van der Waals surface area contributed by atoms with Gasteiger partial charge in [0.05, 0.1) is 27.6 Å². The monoisotopic (exact) mass is 511 g/mol. The Balaban J connectivity index is 1.26. The van der Waals surface area contributed by atoms with Gasteiger partial charge in [0.15, 0.2) is 0 Å². The molecule has 0 unspecified atom stereocenters. The van der Waals surface area contributed by atoms with Gasteiger partial charge in [0.2, 0.25) is 0 Å². The van der Waals surface area contributed by atoms with Crippen LogP contribution in [0.4, 0.5) is 11.5 Å². The maximum absolute atomic E-state index is 8.73. The molecule has 3 aromatic rings. The highest BCUT2D eigenvalue weighted by Crippen LogP contribution is 2.50. The number of nitrogens with zero attached hydrogens (tertiary/aromatic N) is 3. The van der Waals surface area contributed by atoms with Gasteiger partial charge in [-0.15, -0.1) is 0 Å². The maximum Gasteiger partial charge on any atom is 0.128 e. The SMILES string of the molecule is COC1CC2(C1)CN(c1ccc(C(=N)c3cc(OCc4c(Cl)cnc(C)c4Cl)ccc3N)cn1)C2. The molecule has 35 heavy (non-hydrogen) atoms. The van der Waals surface area contributed by atoms with Gasteiger partial charge in [0.25, 0.3) is 0 Å². The van der Waals surface area contributed by atoms with Crippen molar-refractivity contribution in [3.8, 4) is 5.75 Å². The van der Waals surface area contributed by atoms with Crippen LogP contribution in [-0.4, -0.2) is 42.0 Å². The van der Waals surface area contributed by atoms with E-state index in [0.717, 1.165) is 31.7 Å². The molecule has 0 atom stereocenters. The van der Waals surface area contributed by atoms with Gasteiger partial charge in [-0.3, -0.25) is 10.4 Å². The normalized spacial score (nSPS) is 16.6. The second-order valence-electron chi connectivity index (χ2n) is 9.42. The first-order valence-corrected chi connectivity index (χ1v) is 12.2. The summed E-state index contributed by atoms with van der Waals surface area (Å²) in [5, 5.41) is 9.66. The van der Waals surface area contributed by atoms with Crippen LogP contribution in [0.5, 0.6) is 5.75 Å². The lowest BCUT2D eigenvalue weighted by Gasteiger charge is -2.59. The third-order valence-corrected chi connectivity index (χ3v) is 7.81. The fraction of sp³-hybridized carbons (Fsp3) is 0.346. The first-order chi connectivity index (χ1) is 16.8. The van der Waals surface area contributed by atoms with Crippen LogP contribution in [0.2, 0.25) is 10.0 Å². The zero-order chi connectivity index (χ0) is 24.7. The van der Waals surface area contributed by atoms with E-state index in [4.69, 9.17) is 43.8 Å². The number of aryl methyl sites for hydroxylation is 1. The van der Waals surface area contributed by atoms with E-state index in [1.807, 2.05) is 19.1 Å². The van der Waals surface area contributed by atoms with Crippen LogP contribution in [0.3, 0.4) is 0 Å². The zero-order valence-corrected chi connectivity index (χ0v) is 21.2. The molecule has 1 aliphatic carbocycles. The molecule has 182 valence electrons. The predicted molar refractivity (Wildman–Crippen MR) is 139 cm³/mol.